The Morgan fingerprint density at radius 3 is 2.27 bits per heavy atom. The zero-order valence-corrected chi connectivity index (χ0v) is 8.97. The number of halogens is 6. The molecule has 0 atom stereocenters. The van der Waals surface area contributed by atoms with E-state index in [4.69, 9.17) is 5.11 Å². The van der Waals surface area contributed by atoms with Gasteiger partial charge in [0.05, 0.1) is 5.56 Å². The van der Waals surface area contributed by atoms with Crippen LogP contribution >= 0.6 is 22.6 Å². The molecule has 0 aliphatic carbocycles. The van der Waals surface area contributed by atoms with Crippen LogP contribution in [0.1, 0.15) is 17.7 Å². The molecule has 15 heavy (non-hydrogen) atoms. The van der Waals surface area contributed by atoms with Crippen LogP contribution < -0.4 is 0 Å². The van der Waals surface area contributed by atoms with Crippen molar-refractivity contribution in [2.45, 2.75) is 12.6 Å². The van der Waals surface area contributed by atoms with Crippen LogP contribution in [0.5, 0.6) is 5.75 Å². The van der Waals surface area contributed by atoms with Crippen molar-refractivity contribution in [3.05, 3.63) is 21.0 Å². The van der Waals surface area contributed by atoms with Gasteiger partial charge in [0.2, 0.25) is 0 Å². The molecule has 84 valence electrons. The lowest BCUT2D eigenvalue weighted by Crippen LogP contribution is -2.10. The third-order valence-corrected chi connectivity index (χ3v) is 2.26. The van der Waals surface area contributed by atoms with Crippen LogP contribution in [0, 0.1) is 3.70 Å². The second-order valence-corrected chi connectivity index (χ2v) is 3.56. The number of aromatic nitrogens is 1. The maximum atomic E-state index is 12.2. The molecule has 0 saturated carbocycles. The monoisotopic (exact) mass is 339 g/mol. The second-order valence-electron chi connectivity index (χ2n) is 2.53. The molecule has 1 rings (SSSR count). The van der Waals surface area contributed by atoms with Crippen LogP contribution in [0.3, 0.4) is 0 Å². The Morgan fingerprint density at radius 1 is 1.33 bits per heavy atom. The number of alkyl halides is 5. The van der Waals surface area contributed by atoms with Gasteiger partial charge < -0.3 is 5.11 Å². The van der Waals surface area contributed by atoms with Crippen molar-refractivity contribution < 1.29 is 27.1 Å². The predicted molar refractivity (Wildman–Crippen MR) is 48.6 cm³/mol. The lowest BCUT2D eigenvalue weighted by Gasteiger charge is -2.10. The van der Waals surface area contributed by atoms with Gasteiger partial charge in [0.15, 0.2) is 5.75 Å². The van der Waals surface area contributed by atoms with E-state index in [1.54, 1.807) is 0 Å². The largest absolute Gasteiger partial charge is 0.505 e. The number of aromatic hydroxyl groups is 1. The molecular formula is C7H3F5INO. The van der Waals surface area contributed by atoms with Crippen molar-refractivity contribution >= 4 is 22.6 Å². The average molecular weight is 339 g/mol. The first-order chi connectivity index (χ1) is 6.73. The highest BCUT2D eigenvalue weighted by atomic mass is 127. The summed E-state index contributed by atoms with van der Waals surface area (Å²) in [6.07, 6.45) is -7.99. The van der Waals surface area contributed by atoms with Crippen LogP contribution in [0.4, 0.5) is 22.0 Å². The Kier molecular flexibility index (Phi) is 3.36. The molecule has 0 spiro atoms. The van der Waals surface area contributed by atoms with Crippen molar-refractivity contribution in [1.82, 2.24) is 4.98 Å². The van der Waals surface area contributed by atoms with Crippen molar-refractivity contribution in [3.63, 3.8) is 0 Å². The predicted octanol–water partition coefficient (Wildman–Crippen LogP) is 3.35. The molecule has 0 aromatic carbocycles. The molecule has 8 heteroatoms. The third-order valence-electron chi connectivity index (χ3n) is 1.51. The van der Waals surface area contributed by atoms with Gasteiger partial charge in [-0.1, -0.05) is 0 Å². The molecule has 1 heterocycles. The first-order valence-corrected chi connectivity index (χ1v) is 4.56. The fourth-order valence-corrected chi connectivity index (χ4v) is 1.41. The third kappa shape index (κ3) is 2.67. The highest BCUT2D eigenvalue weighted by molar-refractivity contribution is 14.1. The van der Waals surface area contributed by atoms with Gasteiger partial charge in [-0.25, -0.2) is 13.8 Å². The lowest BCUT2D eigenvalue weighted by molar-refractivity contribution is -0.141. The van der Waals surface area contributed by atoms with Crippen LogP contribution in [0.25, 0.3) is 0 Å². The van der Waals surface area contributed by atoms with E-state index in [0.29, 0.717) is 0 Å². The highest BCUT2D eigenvalue weighted by Crippen LogP contribution is 2.36. The summed E-state index contributed by atoms with van der Waals surface area (Å²) < 4.78 is 60.4. The average Bonchev–Trinajstić information content (AvgIpc) is 2.06. The van der Waals surface area contributed by atoms with Gasteiger partial charge in [-0.05, 0) is 28.7 Å². The van der Waals surface area contributed by atoms with Gasteiger partial charge >= 0.3 is 6.18 Å². The maximum absolute atomic E-state index is 12.2. The summed E-state index contributed by atoms with van der Waals surface area (Å²) in [7, 11) is 0. The van der Waals surface area contributed by atoms with Gasteiger partial charge in [-0.2, -0.15) is 13.2 Å². The SMILES string of the molecule is Oc1c(C(F)F)cc(C(F)(F)F)nc1I. The molecule has 0 radical (unpaired) electrons. The van der Waals surface area contributed by atoms with E-state index in [0.717, 1.165) is 0 Å². The maximum Gasteiger partial charge on any atom is 0.433 e. The molecule has 1 N–H and O–H groups in total. The van der Waals surface area contributed by atoms with Crippen LogP contribution in [0.2, 0.25) is 0 Å². The lowest BCUT2D eigenvalue weighted by atomic mass is 10.2. The van der Waals surface area contributed by atoms with E-state index >= 15 is 0 Å². The quantitative estimate of drug-likeness (QED) is 0.484. The van der Waals surface area contributed by atoms with Gasteiger partial charge in [0, 0.05) is 0 Å². The first-order valence-electron chi connectivity index (χ1n) is 3.48. The molecule has 0 fully saturated rings. The Bertz CT molecular complexity index is 378. The molecule has 0 aliphatic heterocycles. The molecule has 0 saturated heterocycles. The molecule has 0 amide bonds. The second kappa shape index (κ2) is 4.06. The summed E-state index contributed by atoms with van der Waals surface area (Å²) >= 11 is 1.25. The molecule has 0 aliphatic rings. The molecule has 1 aromatic rings. The van der Waals surface area contributed by atoms with E-state index < -0.39 is 33.3 Å². The summed E-state index contributed by atoms with van der Waals surface area (Å²) in [6, 6.07) is 0.141. The van der Waals surface area contributed by atoms with Crippen molar-refractivity contribution in [2.24, 2.45) is 0 Å². The number of hydrogen-bond donors (Lipinski definition) is 1. The Hall–Kier alpha value is -0.670. The van der Waals surface area contributed by atoms with E-state index in [2.05, 4.69) is 4.98 Å². The number of nitrogens with zero attached hydrogens (tertiary/aromatic N) is 1. The van der Waals surface area contributed by atoms with Crippen LogP contribution in [-0.2, 0) is 6.18 Å². The number of pyridine rings is 1. The summed E-state index contributed by atoms with van der Waals surface area (Å²) in [5.41, 5.74) is -2.51. The van der Waals surface area contributed by atoms with E-state index in [1.165, 1.54) is 22.6 Å². The van der Waals surface area contributed by atoms with Gasteiger partial charge in [-0.15, -0.1) is 0 Å². The van der Waals surface area contributed by atoms with Crippen LogP contribution in [0.15, 0.2) is 6.07 Å². The standard InChI is InChI=1S/C7H3F5INO/c8-5(9)2-1-3(7(10,11)12)14-6(13)4(2)15/h1,5,15H. The van der Waals surface area contributed by atoms with Crippen molar-refractivity contribution in [1.29, 1.82) is 0 Å². The van der Waals surface area contributed by atoms with Crippen molar-refractivity contribution in [3.8, 4) is 5.75 Å². The molecule has 0 unspecified atom stereocenters. The minimum atomic E-state index is -4.81. The smallest absolute Gasteiger partial charge is 0.433 e. The zero-order chi connectivity index (χ0) is 11.8. The summed E-state index contributed by atoms with van der Waals surface area (Å²) in [5, 5.41) is 9.04. The number of hydrogen-bond acceptors (Lipinski definition) is 2. The van der Waals surface area contributed by atoms with E-state index in [-0.39, 0.29) is 6.07 Å². The minimum absolute atomic E-state index is 0.141. The summed E-state index contributed by atoms with van der Waals surface area (Å²) in [6.45, 7) is 0. The van der Waals surface area contributed by atoms with Gasteiger partial charge in [-0.3, -0.25) is 0 Å². The van der Waals surface area contributed by atoms with Crippen molar-refractivity contribution in [2.75, 3.05) is 0 Å². The highest BCUT2D eigenvalue weighted by Gasteiger charge is 2.35. The normalized spacial score (nSPS) is 12.2. The molecular weight excluding hydrogens is 336 g/mol. The Labute approximate surface area is 94.3 Å². The van der Waals surface area contributed by atoms with E-state index in [1.807, 2.05) is 0 Å². The fraction of sp³-hybridized carbons (Fsp3) is 0.286. The van der Waals surface area contributed by atoms with Gasteiger partial charge in [0.25, 0.3) is 6.43 Å². The van der Waals surface area contributed by atoms with Gasteiger partial charge in [0.1, 0.15) is 9.39 Å². The topological polar surface area (TPSA) is 33.1 Å². The fourth-order valence-electron chi connectivity index (χ4n) is 0.837. The summed E-state index contributed by atoms with van der Waals surface area (Å²) in [5.74, 6) is -0.918. The minimum Gasteiger partial charge on any atom is -0.505 e. The Balaban J connectivity index is 3.36. The summed E-state index contributed by atoms with van der Waals surface area (Å²) in [4.78, 5) is 2.97. The number of rotatable bonds is 1. The van der Waals surface area contributed by atoms with E-state index in [9.17, 15) is 22.0 Å². The zero-order valence-electron chi connectivity index (χ0n) is 6.82. The van der Waals surface area contributed by atoms with Crippen LogP contribution in [-0.4, -0.2) is 10.1 Å². The molecule has 2 nitrogen and oxygen atoms in total. The first kappa shape index (κ1) is 12.4. The Morgan fingerprint density at radius 2 is 1.87 bits per heavy atom. The molecule has 0 bridgehead atoms. The molecule has 1 aromatic heterocycles.